The normalized spacial score (nSPS) is 10.6. The number of fused-ring (bicyclic) bond motifs is 1. The number of unbranched alkanes of at least 4 members (excludes halogenated alkanes) is 2. The lowest BCUT2D eigenvalue weighted by molar-refractivity contribution is 0.0593. The molecular formula is C17H21NO5. The summed E-state index contributed by atoms with van der Waals surface area (Å²) >= 11 is 0. The maximum atomic E-state index is 12.4. The van der Waals surface area contributed by atoms with Crippen molar-refractivity contribution in [3.8, 4) is 5.75 Å². The minimum atomic E-state index is -0.697. The number of benzene rings is 1. The number of methoxy groups -OCH3 is 1. The van der Waals surface area contributed by atoms with Crippen molar-refractivity contribution in [3.05, 3.63) is 40.2 Å². The monoisotopic (exact) mass is 319 g/mol. The summed E-state index contributed by atoms with van der Waals surface area (Å²) in [7, 11) is 2.60. The smallest absolute Gasteiger partial charge is 0.343 e. The number of aromatic nitrogens is 1. The van der Waals surface area contributed by atoms with E-state index in [2.05, 4.69) is 11.7 Å². The van der Waals surface area contributed by atoms with E-state index in [1.807, 2.05) is 6.07 Å². The second-order valence-electron chi connectivity index (χ2n) is 5.08. The molecular weight excluding hydrogens is 298 g/mol. The number of carbonyl (C=O) groups excluding carboxylic acids is 1. The molecule has 0 N–H and O–H groups in total. The van der Waals surface area contributed by atoms with Gasteiger partial charge in [-0.2, -0.15) is 0 Å². The summed E-state index contributed by atoms with van der Waals surface area (Å²) in [5, 5.41) is 0.667. The van der Waals surface area contributed by atoms with Gasteiger partial charge in [0.25, 0.3) is 5.56 Å². The SMILES string of the molecule is CCCCCOc1cccc2cc(C(=O)OC)c(=O)n(OC)c12. The molecule has 0 amide bonds. The van der Waals surface area contributed by atoms with Crippen molar-refractivity contribution in [2.75, 3.05) is 20.8 Å². The van der Waals surface area contributed by atoms with Crippen LogP contribution in [0.15, 0.2) is 29.1 Å². The molecule has 0 radical (unpaired) electrons. The number of hydrogen-bond donors (Lipinski definition) is 0. The van der Waals surface area contributed by atoms with E-state index in [1.165, 1.54) is 20.3 Å². The molecule has 6 heteroatoms. The molecule has 0 fully saturated rings. The van der Waals surface area contributed by atoms with Gasteiger partial charge in [-0.1, -0.05) is 31.9 Å². The summed E-state index contributed by atoms with van der Waals surface area (Å²) < 4.78 is 11.5. The van der Waals surface area contributed by atoms with Crippen LogP contribution in [0, 0.1) is 0 Å². The van der Waals surface area contributed by atoms with Gasteiger partial charge < -0.3 is 14.3 Å². The van der Waals surface area contributed by atoms with Crippen LogP contribution in [-0.2, 0) is 4.74 Å². The summed E-state index contributed by atoms with van der Waals surface area (Å²) in [5.74, 6) is -0.147. The Kier molecular flexibility index (Phi) is 5.62. The van der Waals surface area contributed by atoms with E-state index in [-0.39, 0.29) is 5.56 Å². The van der Waals surface area contributed by atoms with Crippen molar-refractivity contribution in [3.63, 3.8) is 0 Å². The van der Waals surface area contributed by atoms with Crippen molar-refractivity contribution >= 4 is 16.9 Å². The standard InChI is InChI=1S/C17H21NO5/c1-4-5-6-10-23-14-9-7-8-12-11-13(17(20)21-2)16(19)18(22-3)15(12)14/h7-9,11H,4-6,10H2,1-3H3. The molecule has 0 aliphatic heterocycles. The number of nitrogens with zero attached hydrogens (tertiary/aromatic N) is 1. The van der Waals surface area contributed by atoms with Gasteiger partial charge in [-0.05, 0) is 18.6 Å². The molecule has 0 aliphatic carbocycles. The van der Waals surface area contributed by atoms with Gasteiger partial charge in [0.2, 0.25) is 0 Å². The number of ether oxygens (including phenoxy) is 2. The largest absolute Gasteiger partial charge is 0.491 e. The predicted octanol–water partition coefficient (Wildman–Crippen LogP) is 2.42. The van der Waals surface area contributed by atoms with Gasteiger partial charge in [0.05, 0.1) is 13.7 Å². The Morgan fingerprint density at radius 2 is 2.00 bits per heavy atom. The van der Waals surface area contributed by atoms with Crippen LogP contribution in [0.5, 0.6) is 5.75 Å². The highest BCUT2D eigenvalue weighted by molar-refractivity contribution is 5.95. The Bertz CT molecular complexity index is 750. The lowest BCUT2D eigenvalue weighted by atomic mass is 10.1. The molecule has 6 nitrogen and oxygen atoms in total. The Morgan fingerprint density at radius 1 is 1.22 bits per heavy atom. The van der Waals surface area contributed by atoms with Crippen LogP contribution < -0.4 is 15.1 Å². The second-order valence-corrected chi connectivity index (χ2v) is 5.08. The quantitative estimate of drug-likeness (QED) is 0.579. The number of para-hydroxylation sites is 1. The molecule has 0 bridgehead atoms. The topological polar surface area (TPSA) is 66.8 Å². The van der Waals surface area contributed by atoms with Crippen LogP contribution in [0.25, 0.3) is 10.9 Å². The Morgan fingerprint density at radius 3 is 2.65 bits per heavy atom. The predicted molar refractivity (Wildman–Crippen MR) is 87.1 cm³/mol. The van der Waals surface area contributed by atoms with E-state index in [1.54, 1.807) is 12.1 Å². The maximum Gasteiger partial charge on any atom is 0.343 e. The Hall–Kier alpha value is -2.50. The van der Waals surface area contributed by atoms with Crippen LogP contribution >= 0.6 is 0 Å². The van der Waals surface area contributed by atoms with Gasteiger partial charge in [-0.25, -0.2) is 4.79 Å². The van der Waals surface area contributed by atoms with Crippen molar-refractivity contribution in [1.82, 2.24) is 4.73 Å². The molecule has 1 aromatic heterocycles. The molecule has 0 aliphatic rings. The van der Waals surface area contributed by atoms with Crippen LogP contribution in [0.2, 0.25) is 0 Å². The Balaban J connectivity index is 2.53. The fourth-order valence-electron chi connectivity index (χ4n) is 2.38. The maximum absolute atomic E-state index is 12.4. The van der Waals surface area contributed by atoms with Gasteiger partial charge in [-0.15, -0.1) is 4.73 Å². The third kappa shape index (κ3) is 3.47. The second kappa shape index (κ2) is 7.67. The minimum Gasteiger partial charge on any atom is -0.491 e. The molecule has 1 heterocycles. The summed E-state index contributed by atoms with van der Waals surface area (Å²) in [6.07, 6.45) is 3.11. The van der Waals surface area contributed by atoms with Gasteiger partial charge >= 0.3 is 5.97 Å². The number of carbonyl (C=O) groups is 1. The van der Waals surface area contributed by atoms with Crippen LogP contribution in [0.1, 0.15) is 36.5 Å². The first kappa shape index (κ1) is 16.9. The third-order valence-corrected chi connectivity index (χ3v) is 3.54. The Labute approximate surface area is 134 Å². The van der Waals surface area contributed by atoms with Gasteiger partial charge in [0.1, 0.15) is 23.9 Å². The fraction of sp³-hybridized carbons (Fsp3) is 0.412. The number of pyridine rings is 1. The fourth-order valence-corrected chi connectivity index (χ4v) is 2.38. The van der Waals surface area contributed by atoms with Gasteiger partial charge in [-0.3, -0.25) is 4.79 Å². The molecule has 0 unspecified atom stereocenters. The lowest BCUT2D eigenvalue weighted by Gasteiger charge is -2.14. The van der Waals surface area contributed by atoms with E-state index in [9.17, 15) is 9.59 Å². The van der Waals surface area contributed by atoms with Crippen LogP contribution in [0.4, 0.5) is 0 Å². The molecule has 2 rings (SSSR count). The number of rotatable bonds is 7. The highest BCUT2D eigenvalue weighted by Gasteiger charge is 2.18. The van der Waals surface area contributed by atoms with E-state index in [0.717, 1.165) is 24.0 Å². The first-order valence-corrected chi connectivity index (χ1v) is 7.58. The summed E-state index contributed by atoms with van der Waals surface area (Å²) in [6, 6.07) is 6.87. The van der Waals surface area contributed by atoms with E-state index < -0.39 is 11.5 Å². The molecule has 0 saturated heterocycles. The highest BCUT2D eigenvalue weighted by Crippen LogP contribution is 2.25. The zero-order valence-electron chi connectivity index (χ0n) is 13.6. The van der Waals surface area contributed by atoms with Gasteiger partial charge in [0, 0.05) is 5.39 Å². The van der Waals surface area contributed by atoms with Gasteiger partial charge in [0.15, 0.2) is 0 Å². The number of hydrogen-bond acceptors (Lipinski definition) is 5. The minimum absolute atomic E-state index is 0.0787. The summed E-state index contributed by atoms with van der Waals surface area (Å²) in [6.45, 7) is 2.68. The van der Waals surface area contributed by atoms with Crippen LogP contribution in [0.3, 0.4) is 0 Å². The van der Waals surface area contributed by atoms with Crippen molar-refractivity contribution in [1.29, 1.82) is 0 Å². The first-order valence-electron chi connectivity index (χ1n) is 7.58. The molecule has 0 saturated carbocycles. The first-order chi connectivity index (χ1) is 11.1. The molecule has 0 spiro atoms. The highest BCUT2D eigenvalue weighted by atomic mass is 16.7. The number of esters is 1. The van der Waals surface area contributed by atoms with Crippen LogP contribution in [-0.4, -0.2) is 31.5 Å². The molecule has 124 valence electrons. The zero-order valence-corrected chi connectivity index (χ0v) is 13.6. The summed E-state index contributed by atoms with van der Waals surface area (Å²) in [5.41, 5.74) is -0.148. The molecule has 2 aromatic rings. The zero-order chi connectivity index (χ0) is 16.8. The van der Waals surface area contributed by atoms with Crippen molar-refractivity contribution in [2.24, 2.45) is 0 Å². The molecule has 1 aromatic carbocycles. The summed E-state index contributed by atoms with van der Waals surface area (Å²) in [4.78, 5) is 29.4. The molecule has 0 atom stereocenters. The average Bonchev–Trinajstić information content (AvgIpc) is 2.57. The third-order valence-electron chi connectivity index (χ3n) is 3.54. The van der Waals surface area contributed by atoms with Crippen molar-refractivity contribution in [2.45, 2.75) is 26.2 Å². The lowest BCUT2D eigenvalue weighted by Crippen LogP contribution is -2.30. The van der Waals surface area contributed by atoms with Crippen molar-refractivity contribution < 1.29 is 19.1 Å². The van der Waals surface area contributed by atoms with E-state index in [0.29, 0.717) is 23.3 Å². The average molecular weight is 319 g/mol. The van der Waals surface area contributed by atoms with E-state index >= 15 is 0 Å². The molecule has 23 heavy (non-hydrogen) atoms. The van der Waals surface area contributed by atoms with E-state index in [4.69, 9.17) is 9.57 Å².